The van der Waals surface area contributed by atoms with Gasteiger partial charge in [-0.05, 0) is 25.2 Å². The molecule has 1 aliphatic rings. The molecule has 0 aromatic heterocycles. The zero-order chi connectivity index (χ0) is 7.56. The minimum Gasteiger partial charge on any atom is -0.390 e. The lowest BCUT2D eigenvalue weighted by Crippen LogP contribution is -2.32. The normalized spacial score (nSPS) is 41.2. The molecule has 1 saturated carbocycles. The van der Waals surface area contributed by atoms with Crippen molar-refractivity contribution in [3.05, 3.63) is 12.7 Å². The Labute approximate surface area is 61.2 Å². The summed E-state index contributed by atoms with van der Waals surface area (Å²) >= 11 is 0. The highest BCUT2D eigenvalue weighted by molar-refractivity contribution is 4.88. The molecule has 3 atom stereocenters. The average Bonchev–Trinajstić information content (AvgIpc) is 1.95. The summed E-state index contributed by atoms with van der Waals surface area (Å²) in [6, 6.07) is 0. The van der Waals surface area contributed by atoms with Gasteiger partial charge in [0.05, 0.1) is 12.2 Å². The van der Waals surface area contributed by atoms with E-state index in [1.54, 1.807) is 0 Å². The second kappa shape index (κ2) is 3.17. The van der Waals surface area contributed by atoms with E-state index in [1.165, 1.54) is 0 Å². The average molecular weight is 142 g/mol. The molecule has 2 heteroatoms. The van der Waals surface area contributed by atoms with Crippen molar-refractivity contribution in [2.24, 2.45) is 5.92 Å². The number of aliphatic hydroxyl groups excluding tert-OH is 2. The maximum absolute atomic E-state index is 9.18. The third-order valence-electron chi connectivity index (χ3n) is 2.15. The zero-order valence-corrected chi connectivity index (χ0v) is 6.03. The van der Waals surface area contributed by atoms with Crippen molar-refractivity contribution in [1.29, 1.82) is 0 Å². The van der Waals surface area contributed by atoms with Gasteiger partial charge in [-0.25, -0.2) is 0 Å². The molecule has 0 spiro atoms. The van der Waals surface area contributed by atoms with Gasteiger partial charge in [-0.1, -0.05) is 6.08 Å². The van der Waals surface area contributed by atoms with Crippen molar-refractivity contribution in [2.75, 3.05) is 0 Å². The summed E-state index contributed by atoms with van der Waals surface area (Å²) < 4.78 is 0. The van der Waals surface area contributed by atoms with Gasteiger partial charge in [-0.2, -0.15) is 0 Å². The highest BCUT2D eigenvalue weighted by Gasteiger charge is 2.25. The van der Waals surface area contributed by atoms with E-state index >= 15 is 0 Å². The fourth-order valence-electron chi connectivity index (χ4n) is 1.38. The Morgan fingerprint density at radius 2 is 1.90 bits per heavy atom. The van der Waals surface area contributed by atoms with Gasteiger partial charge in [0.15, 0.2) is 0 Å². The van der Waals surface area contributed by atoms with Crippen molar-refractivity contribution < 1.29 is 10.2 Å². The van der Waals surface area contributed by atoms with E-state index in [0.717, 1.165) is 6.42 Å². The molecule has 0 radical (unpaired) electrons. The van der Waals surface area contributed by atoms with Gasteiger partial charge in [0.2, 0.25) is 0 Å². The summed E-state index contributed by atoms with van der Waals surface area (Å²) in [6.07, 6.45) is 3.16. The summed E-state index contributed by atoms with van der Waals surface area (Å²) in [5.74, 6) is 0.401. The van der Waals surface area contributed by atoms with Gasteiger partial charge in [-0.3, -0.25) is 0 Å². The van der Waals surface area contributed by atoms with Crippen LogP contribution in [0.15, 0.2) is 12.7 Å². The molecule has 1 rings (SSSR count). The molecule has 0 saturated heterocycles. The van der Waals surface area contributed by atoms with Crippen LogP contribution in [0.4, 0.5) is 0 Å². The van der Waals surface area contributed by atoms with Crippen molar-refractivity contribution in [1.82, 2.24) is 0 Å². The number of hydrogen-bond acceptors (Lipinski definition) is 2. The van der Waals surface area contributed by atoms with E-state index in [0.29, 0.717) is 18.8 Å². The predicted molar refractivity (Wildman–Crippen MR) is 39.6 cm³/mol. The van der Waals surface area contributed by atoms with Crippen molar-refractivity contribution in [3.8, 4) is 0 Å². The Kier molecular flexibility index (Phi) is 2.46. The van der Waals surface area contributed by atoms with Crippen LogP contribution >= 0.6 is 0 Å². The molecule has 0 aromatic carbocycles. The van der Waals surface area contributed by atoms with Crippen LogP contribution in [0.25, 0.3) is 0 Å². The third-order valence-corrected chi connectivity index (χ3v) is 2.15. The van der Waals surface area contributed by atoms with Crippen LogP contribution < -0.4 is 0 Å². The van der Waals surface area contributed by atoms with Crippen LogP contribution in [0.3, 0.4) is 0 Å². The first-order chi connectivity index (χ1) is 4.74. The van der Waals surface area contributed by atoms with Crippen LogP contribution in [0.5, 0.6) is 0 Å². The van der Waals surface area contributed by atoms with Crippen molar-refractivity contribution in [2.45, 2.75) is 31.5 Å². The van der Waals surface area contributed by atoms with Crippen molar-refractivity contribution in [3.63, 3.8) is 0 Å². The number of hydrogen-bond donors (Lipinski definition) is 2. The Balaban J connectivity index is 2.40. The van der Waals surface area contributed by atoms with Crippen LogP contribution in [0.1, 0.15) is 19.3 Å². The van der Waals surface area contributed by atoms with Crippen LogP contribution in [0, 0.1) is 5.92 Å². The minimum absolute atomic E-state index is 0.401. The lowest BCUT2D eigenvalue weighted by molar-refractivity contribution is -0.0188. The van der Waals surface area contributed by atoms with E-state index in [9.17, 15) is 5.11 Å². The molecule has 0 amide bonds. The van der Waals surface area contributed by atoms with E-state index < -0.39 is 12.2 Å². The Bertz CT molecular complexity index is 122. The quantitative estimate of drug-likeness (QED) is 0.529. The predicted octanol–water partition coefficient (Wildman–Crippen LogP) is 0.694. The minimum atomic E-state index is -0.531. The second-order valence-electron chi connectivity index (χ2n) is 2.94. The molecule has 1 fully saturated rings. The molecule has 0 bridgehead atoms. The highest BCUT2D eigenvalue weighted by atomic mass is 16.3. The molecule has 2 nitrogen and oxygen atoms in total. The lowest BCUT2D eigenvalue weighted by atomic mass is 9.86. The SMILES string of the molecule is C=CC1CC[C@@H](O)[C@@H](O)C1. The van der Waals surface area contributed by atoms with Crippen LogP contribution in [0.2, 0.25) is 0 Å². The fraction of sp³-hybridized carbons (Fsp3) is 0.750. The molecule has 0 aliphatic heterocycles. The second-order valence-corrected chi connectivity index (χ2v) is 2.94. The first-order valence-corrected chi connectivity index (χ1v) is 3.72. The van der Waals surface area contributed by atoms with Gasteiger partial charge in [0.1, 0.15) is 0 Å². The molecule has 58 valence electrons. The first kappa shape index (κ1) is 7.76. The zero-order valence-electron chi connectivity index (χ0n) is 6.03. The summed E-state index contributed by atoms with van der Waals surface area (Å²) in [4.78, 5) is 0. The van der Waals surface area contributed by atoms with Crippen molar-refractivity contribution >= 4 is 0 Å². The van der Waals surface area contributed by atoms with Crippen LogP contribution in [-0.2, 0) is 0 Å². The number of allylic oxidation sites excluding steroid dienone is 1. The van der Waals surface area contributed by atoms with E-state index in [-0.39, 0.29) is 0 Å². The summed E-state index contributed by atoms with van der Waals surface area (Å²) in [5, 5.41) is 18.3. The summed E-state index contributed by atoms with van der Waals surface area (Å²) in [7, 11) is 0. The standard InChI is InChI=1S/C8H14O2/c1-2-6-3-4-7(9)8(10)5-6/h2,6-10H,1,3-5H2/t6?,7-,8+/m1/s1. The van der Waals surface area contributed by atoms with E-state index in [1.807, 2.05) is 6.08 Å². The molecule has 2 N–H and O–H groups in total. The van der Waals surface area contributed by atoms with Gasteiger partial charge in [0.25, 0.3) is 0 Å². The molecular weight excluding hydrogens is 128 g/mol. The Morgan fingerprint density at radius 3 is 2.40 bits per heavy atom. The summed E-state index contributed by atoms with van der Waals surface area (Å²) in [5.41, 5.74) is 0. The number of rotatable bonds is 1. The van der Waals surface area contributed by atoms with E-state index in [2.05, 4.69) is 6.58 Å². The monoisotopic (exact) mass is 142 g/mol. The maximum atomic E-state index is 9.18. The van der Waals surface area contributed by atoms with Gasteiger partial charge in [-0.15, -0.1) is 6.58 Å². The highest BCUT2D eigenvalue weighted by Crippen LogP contribution is 2.24. The summed E-state index contributed by atoms with van der Waals surface area (Å²) in [6.45, 7) is 3.65. The third kappa shape index (κ3) is 1.58. The topological polar surface area (TPSA) is 40.5 Å². The fourth-order valence-corrected chi connectivity index (χ4v) is 1.38. The largest absolute Gasteiger partial charge is 0.390 e. The van der Waals surface area contributed by atoms with Gasteiger partial charge in [0, 0.05) is 0 Å². The first-order valence-electron chi connectivity index (χ1n) is 3.72. The number of aliphatic hydroxyl groups is 2. The van der Waals surface area contributed by atoms with Gasteiger partial charge >= 0.3 is 0 Å². The molecule has 1 aliphatic carbocycles. The lowest BCUT2D eigenvalue weighted by Gasteiger charge is -2.27. The van der Waals surface area contributed by atoms with Crippen LogP contribution in [-0.4, -0.2) is 22.4 Å². The van der Waals surface area contributed by atoms with E-state index in [4.69, 9.17) is 5.11 Å². The Hall–Kier alpha value is -0.340. The molecule has 0 aromatic rings. The molecule has 0 heterocycles. The van der Waals surface area contributed by atoms with Gasteiger partial charge < -0.3 is 10.2 Å². The maximum Gasteiger partial charge on any atom is 0.0804 e. The smallest absolute Gasteiger partial charge is 0.0804 e. The Morgan fingerprint density at radius 1 is 1.20 bits per heavy atom. The molecule has 1 unspecified atom stereocenters. The molecular formula is C8H14O2. The molecule has 10 heavy (non-hydrogen) atoms.